The van der Waals surface area contributed by atoms with Crippen molar-refractivity contribution in [2.75, 3.05) is 19.8 Å². The van der Waals surface area contributed by atoms with Gasteiger partial charge in [0, 0.05) is 30.5 Å². The van der Waals surface area contributed by atoms with Crippen LogP contribution < -0.4 is 13.9 Å². The van der Waals surface area contributed by atoms with Gasteiger partial charge < -0.3 is 9.47 Å². The fourth-order valence-corrected chi connectivity index (χ4v) is 8.54. The Morgan fingerprint density at radius 1 is 0.515 bits per heavy atom. The summed E-state index contributed by atoms with van der Waals surface area (Å²) in [4.78, 5) is 0. The lowest BCUT2D eigenvalue weighted by molar-refractivity contribution is -0.696. The number of terminal acetylenes is 1. The van der Waals surface area contributed by atoms with E-state index in [9.17, 15) is 0 Å². The molecule has 0 saturated carbocycles. The number of hydrogen-bond donors (Lipinski definition) is 0. The maximum absolute atomic E-state index is 6.26. The summed E-state index contributed by atoms with van der Waals surface area (Å²) < 4.78 is 18.4. The van der Waals surface area contributed by atoms with E-state index >= 15 is 0 Å². The largest absolute Gasteiger partial charge is 0.491 e. The van der Waals surface area contributed by atoms with Gasteiger partial charge in [-0.15, -0.1) is 17.4 Å². The van der Waals surface area contributed by atoms with E-state index in [1.807, 2.05) is 10.9 Å². The van der Waals surface area contributed by atoms with Gasteiger partial charge in [0.2, 0.25) is 0 Å². The second-order valence-electron chi connectivity index (χ2n) is 20.5. The third-order valence-electron chi connectivity index (χ3n) is 12.6. The molecule has 3 aromatic heterocycles. The number of aromatic nitrogens is 5. The first-order valence-corrected chi connectivity index (χ1v) is 23.5. The van der Waals surface area contributed by atoms with Crippen LogP contribution in [0.2, 0.25) is 0 Å². The molecule has 7 nitrogen and oxygen atoms in total. The van der Waals surface area contributed by atoms with Crippen LogP contribution in [-0.4, -0.2) is 34.8 Å². The second kappa shape index (κ2) is 20.4. The summed E-state index contributed by atoms with van der Waals surface area (Å²) in [6.07, 6.45) is 17.3. The average Bonchev–Trinajstić information content (AvgIpc) is 3.77. The molecule has 0 fully saturated rings. The zero-order valence-corrected chi connectivity index (χ0v) is 40.7. The lowest BCUT2D eigenvalue weighted by Gasteiger charge is -2.38. The van der Waals surface area contributed by atoms with E-state index in [2.05, 4.69) is 234 Å². The van der Waals surface area contributed by atoms with E-state index in [0.717, 1.165) is 37.4 Å². The number of hydrogen-bond acceptors (Lipinski definition) is 4. The summed E-state index contributed by atoms with van der Waals surface area (Å²) in [6.45, 7) is 24.1. The van der Waals surface area contributed by atoms with Crippen molar-refractivity contribution in [3.63, 3.8) is 0 Å². The van der Waals surface area contributed by atoms with Gasteiger partial charge >= 0.3 is 0 Å². The number of pyridine rings is 2. The lowest BCUT2D eigenvalue weighted by Crippen LogP contribution is -2.33. The molecular weight excluding hydrogens is 811 g/mol. The first-order chi connectivity index (χ1) is 31.5. The molecule has 7 aromatic rings. The summed E-state index contributed by atoms with van der Waals surface area (Å²) in [5, 5.41) is 8.75. The molecule has 0 amide bonds. The van der Waals surface area contributed by atoms with Crippen LogP contribution in [0.25, 0.3) is 11.1 Å². The quantitative estimate of drug-likeness (QED) is 0.0396. The van der Waals surface area contributed by atoms with Crippen molar-refractivity contribution >= 4 is 0 Å². The fourth-order valence-electron chi connectivity index (χ4n) is 8.54. The molecular formula is C59H69N5O2+2. The van der Waals surface area contributed by atoms with Crippen molar-refractivity contribution in [1.82, 2.24) is 15.0 Å². The van der Waals surface area contributed by atoms with Gasteiger partial charge in [-0.25, -0.2) is 13.8 Å². The number of benzene rings is 4. The Bertz CT molecular complexity index is 2510. The molecule has 0 N–H and O–H groups in total. The van der Waals surface area contributed by atoms with Crippen LogP contribution in [-0.2, 0) is 52.5 Å². The van der Waals surface area contributed by atoms with Gasteiger partial charge in [-0.1, -0.05) is 152 Å². The number of ether oxygens (including phenoxy) is 2. The molecule has 0 aliphatic heterocycles. The predicted octanol–water partition coefficient (Wildman–Crippen LogP) is 11.2. The van der Waals surface area contributed by atoms with Crippen LogP contribution in [0.5, 0.6) is 5.75 Å². The van der Waals surface area contributed by atoms with Crippen LogP contribution in [0, 0.1) is 12.3 Å². The van der Waals surface area contributed by atoms with Gasteiger partial charge in [-0.2, -0.15) is 0 Å². The zero-order valence-electron chi connectivity index (χ0n) is 40.7. The van der Waals surface area contributed by atoms with Crippen molar-refractivity contribution in [3.8, 4) is 29.2 Å². The van der Waals surface area contributed by atoms with E-state index in [1.54, 1.807) is 0 Å². The van der Waals surface area contributed by atoms with E-state index < -0.39 is 5.41 Å². The van der Waals surface area contributed by atoms with E-state index in [1.165, 1.54) is 50.1 Å². The molecule has 0 atom stereocenters. The standard InChI is InChI=1S/C59H69N5O2/c1-11-12-34-62-35-29-45(30-36-62)46-31-37-63(38-32-46)39-33-54-44-64(61-60-54)40-41-65-42-43-66-55-27-25-53(26-28-55)59(50-19-13-47(14-20-50)56(2,3)4,51-21-15-48(16-22-51)57(5,6)7)52-23-17-49(18-24-52)58(8,9)10/h1,13-32,35-38,44H,12,33-34,39-43H2,2-10H3/q+2. The Hall–Kier alpha value is -6.36. The van der Waals surface area contributed by atoms with E-state index in [-0.39, 0.29) is 16.2 Å². The molecule has 0 aliphatic rings. The lowest BCUT2D eigenvalue weighted by atomic mass is 9.64. The molecule has 7 rings (SSSR count). The van der Waals surface area contributed by atoms with Crippen molar-refractivity contribution in [3.05, 3.63) is 197 Å². The second-order valence-corrected chi connectivity index (χ2v) is 20.5. The number of aryl methyl sites for hydroxylation is 3. The zero-order chi connectivity index (χ0) is 47.0. The van der Waals surface area contributed by atoms with Gasteiger partial charge in [0.1, 0.15) is 12.4 Å². The smallest absolute Gasteiger partial charge is 0.169 e. The van der Waals surface area contributed by atoms with Gasteiger partial charge in [0.05, 0.1) is 43.7 Å². The van der Waals surface area contributed by atoms with Crippen molar-refractivity contribution in [2.24, 2.45) is 0 Å². The van der Waals surface area contributed by atoms with E-state index in [4.69, 9.17) is 15.9 Å². The minimum atomic E-state index is -0.576. The molecule has 4 aromatic carbocycles. The fraction of sp³-hybridized carbons (Fsp3) is 0.356. The first kappa shape index (κ1) is 47.6. The number of nitrogens with zero attached hydrogens (tertiary/aromatic N) is 5. The molecule has 0 aliphatic carbocycles. The van der Waals surface area contributed by atoms with Gasteiger partial charge in [-0.3, -0.25) is 0 Å². The molecule has 3 heterocycles. The Balaban J connectivity index is 0.983. The third-order valence-corrected chi connectivity index (χ3v) is 12.6. The molecule has 7 heteroatoms. The average molecular weight is 880 g/mol. The Morgan fingerprint density at radius 3 is 1.35 bits per heavy atom. The van der Waals surface area contributed by atoms with Crippen LogP contribution in [0.3, 0.4) is 0 Å². The highest BCUT2D eigenvalue weighted by Gasteiger charge is 2.39. The highest BCUT2D eigenvalue weighted by molar-refractivity contribution is 5.62. The van der Waals surface area contributed by atoms with Crippen molar-refractivity contribution in [1.29, 1.82) is 0 Å². The van der Waals surface area contributed by atoms with Gasteiger partial charge in [0.15, 0.2) is 37.9 Å². The summed E-state index contributed by atoms with van der Waals surface area (Å²) in [7, 11) is 0. The van der Waals surface area contributed by atoms with Crippen LogP contribution >= 0.6 is 0 Å². The monoisotopic (exact) mass is 880 g/mol. The Morgan fingerprint density at radius 2 is 0.924 bits per heavy atom. The maximum atomic E-state index is 6.26. The topological polar surface area (TPSA) is 56.9 Å². The molecule has 0 saturated heterocycles. The Labute approximate surface area is 394 Å². The van der Waals surface area contributed by atoms with Gasteiger partial charge in [0.25, 0.3) is 0 Å². The summed E-state index contributed by atoms with van der Waals surface area (Å²) in [6, 6.07) is 45.1. The predicted molar refractivity (Wildman–Crippen MR) is 267 cm³/mol. The van der Waals surface area contributed by atoms with Crippen molar-refractivity contribution < 1.29 is 18.6 Å². The molecule has 340 valence electrons. The highest BCUT2D eigenvalue weighted by atomic mass is 16.5. The summed E-state index contributed by atoms with van der Waals surface area (Å²) in [5.41, 5.74) is 11.6. The Kier molecular flexibility index (Phi) is 14.7. The van der Waals surface area contributed by atoms with Crippen molar-refractivity contribution in [2.45, 2.75) is 116 Å². The summed E-state index contributed by atoms with van der Waals surface area (Å²) >= 11 is 0. The minimum Gasteiger partial charge on any atom is -0.491 e. The van der Waals surface area contributed by atoms with Gasteiger partial charge in [-0.05, 0) is 78.4 Å². The maximum Gasteiger partial charge on any atom is 0.169 e. The van der Waals surface area contributed by atoms with Crippen LogP contribution in [0.15, 0.2) is 152 Å². The normalized spacial score (nSPS) is 12.2. The molecule has 66 heavy (non-hydrogen) atoms. The number of rotatable bonds is 17. The molecule has 0 bridgehead atoms. The molecule has 0 unspecified atom stereocenters. The highest BCUT2D eigenvalue weighted by Crippen LogP contribution is 2.47. The van der Waals surface area contributed by atoms with Crippen LogP contribution in [0.4, 0.5) is 0 Å². The van der Waals surface area contributed by atoms with Crippen LogP contribution in [0.1, 0.15) is 113 Å². The molecule has 0 radical (unpaired) electrons. The minimum absolute atomic E-state index is 0.0408. The SMILES string of the molecule is C#CCC[n+]1ccc(-c2cc[n+](CCc3cn(CCOCCOc4ccc(C(c5ccc(C(C)(C)C)cc5)(c5ccc(C(C)(C)C)cc5)c5ccc(C(C)(C)C)cc5)cc4)nn3)cc2)cc1. The van der Waals surface area contributed by atoms with E-state index in [0.29, 0.717) is 26.4 Å². The molecule has 0 spiro atoms. The first-order valence-electron chi connectivity index (χ1n) is 23.5. The summed E-state index contributed by atoms with van der Waals surface area (Å²) in [5.74, 6) is 3.50. The third kappa shape index (κ3) is 11.5.